The van der Waals surface area contributed by atoms with Crippen LogP contribution in [0.5, 0.6) is 0 Å². The van der Waals surface area contributed by atoms with Gasteiger partial charge in [0.1, 0.15) is 5.69 Å². The number of aromatic nitrogens is 1. The highest BCUT2D eigenvalue weighted by atomic mass is 35.5. The van der Waals surface area contributed by atoms with Crippen molar-refractivity contribution in [1.82, 2.24) is 9.47 Å². The average molecular weight is 333 g/mol. The Bertz CT molecular complexity index is 762. The molecule has 0 bridgehead atoms. The summed E-state index contributed by atoms with van der Waals surface area (Å²) in [6.45, 7) is 3.27. The van der Waals surface area contributed by atoms with Gasteiger partial charge in [0.15, 0.2) is 0 Å². The lowest BCUT2D eigenvalue weighted by molar-refractivity contribution is 0.0455. The first-order valence-corrected chi connectivity index (χ1v) is 8.58. The maximum absolute atomic E-state index is 13.0. The minimum absolute atomic E-state index is 0.116. The number of ether oxygens (including phenoxy) is 1. The molecule has 4 rings (SSSR count). The minimum Gasteiger partial charge on any atom is -0.381 e. The van der Waals surface area contributed by atoms with Gasteiger partial charge in [0.05, 0.1) is 6.61 Å². The Morgan fingerprint density at radius 3 is 2.96 bits per heavy atom. The normalized spacial score (nSPS) is 24.7. The van der Waals surface area contributed by atoms with Gasteiger partial charge in [0.25, 0.3) is 5.91 Å². The molecular weight excluding hydrogens is 312 g/mol. The summed E-state index contributed by atoms with van der Waals surface area (Å²) in [5.74, 6) is 0.116. The zero-order chi connectivity index (χ0) is 16.0. The van der Waals surface area contributed by atoms with Crippen LogP contribution < -0.4 is 0 Å². The number of carbonyl (C=O) groups excluding carboxylic acids is 1. The van der Waals surface area contributed by atoms with Crippen LogP contribution in [0.3, 0.4) is 0 Å². The van der Waals surface area contributed by atoms with E-state index in [1.165, 1.54) is 6.42 Å². The largest absolute Gasteiger partial charge is 0.381 e. The van der Waals surface area contributed by atoms with Crippen molar-refractivity contribution in [1.29, 1.82) is 0 Å². The summed E-state index contributed by atoms with van der Waals surface area (Å²) >= 11 is 6.09. The maximum Gasteiger partial charge on any atom is 0.270 e. The van der Waals surface area contributed by atoms with Crippen molar-refractivity contribution in [3.63, 3.8) is 0 Å². The molecule has 1 atom stereocenters. The minimum atomic E-state index is 0.116. The van der Waals surface area contributed by atoms with Crippen LogP contribution in [0.15, 0.2) is 24.3 Å². The summed E-state index contributed by atoms with van der Waals surface area (Å²) in [7, 11) is 1.93. The lowest BCUT2D eigenvalue weighted by Crippen LogP contribution is -2.46. The number of fused-ring (bicyclic) bond motifs is 1. The number of likely N-dealkylation sites (tertiary alicyclic amines) is 1. The lowest BCUT2D eigenvalue weighted by Gasteiger charge is -2.39. The average Bonchev–Trinajstić information content (AvgIpc) is 3.12. The Morgan fingerprint density at radius 2 is 2.17 bits per heavy atom. The number of amides is 1. The number of nitrogens with zero attached hydrogens (tertiary/aromatic N) is 2. The molecule has 0 N–H and O–H groups in total. The van der Waals surface area contributed by atoms with Gasteiger partial charge in [-0.25, -0.2) is 0 Å². The summed E-state index contributed by atoms with van der Waals surface area (Å²) in [6, 6.07) is 7.72. The molecule has 3 heterocycles. The van der Waals surface area contributed by atoms with E-state index in [0.29, 0.717) is 5.02 Å². The Hall–Kier alpha value is -1.52. The molecule has 2 aromatic rings. The van der Waals surface area contributed by atoms with Crippen LogP contribution in [-0.2, 0) is 11.8 Å². The van der Waals surface area contributed by atoms with Gasteiger partial charge in [-0.05, 0) is 37.5 Å². The molecule has 2 fully saturated rings. The molecule has 0 radical (unpaired) electrons. The van der Waals surface area contributed by atoms with E-state index >= 15 is 0 Å². The summed E-state index contributed by atoms with van der Waals surface area (Å²) in [5, 5.41) is 1.74. The fourth-order valence-electron chi connectivity index (χ4n) is 4.02. The van der Waals surface area contributed by atoms with E-state index < -0.39 is 0 Å². The molecule has 5 heteroatoms. The van der Waals surface area contributed by atoms with Crippen molar-refractivity contribution in [2.45, 2.75) is 19.3 Å². The Balaban J connectivity index is 1.65. The fourth-order valence-corrected chi connectivity index (χ4v) is 4.19. The zero-order valence-electron chi connectivity index (χ0n) is 13.3. The zero-order valence-corrected chi connectivity index (χ0v) is 14.1. The Morgan fingerprint density at radius 1 is 1.30 bits per heavy atom. The molecular formula is C18H21ClN2O2. The highest BCUT2D eigenvalue weighted by Gasteiger charge is 2.40. The standard InChI is InChI=1S/C18H21ClN2O2/c1-20-15-10-14(19)4-3-13(15)9-16(20)17(22)21-7-2-5-18(11-21)6-8-23-12-18/h3-4,9-10H,2,5-8,11-12H2,1H3/t18-/m0/s1. The molecule has 1 spiro atoms. The molecule has 1 aromatic carbocycles. The van der Waals surface area contributed by atoms with Crippen LogP contribution in [-0.4, -0.2) is 41.7 Å². The molecule has 1 amide bonds. The molecule has 4 nitrogen and oxygen atoms in total. The van der Waals surface area contributed by atoms with Gasteiger partial charge in [0.2, 0.25) is 0 Å². The number of rotatable bonds is 1. The molecule has 23 heavy (non-hydrogen) atoms. The van der Waals surface area contributed by atoms with Crippen molar-refractivity contribution in [2.24, 2.45) is 12.5 Å². The number of hydrogen-bond acceptors (Lipinski definition) is 2. The number of benzene rings is 1. The summed E-state index contributed by atoms with van der Waals surface area (Å²) in [4.78, 5) is 15.1. The third kappa shape index (κ3) is 2.54. The monoisotopic (exact) mass is 332 g/mol. The van der Waals surface area contributed by atoms with Crippen LogP contribution >= 0.6 is 11.6 Å². The first kappa shape index (κ1) is 15.0. The molecule has 2 aliphatic rings. The lowest BCUT2D eigenvalue weighted by atomic mass is 9.79. The van der Waals surface area contributed by atoms with Gasteiger partial charge in [0, 0.05) is 48.1 Å². The van der Waals surface area contributed by atoms with Crippen LogP contribution in [0.1, 0.15) is 29.8 Å². The Labute approximate surface area is 141 Å². The van der Waals surface area contributed by atoms with Crippen LogP contribution in [0.4, 0.5) is 0 Å². The topological polar surface area (TPSA) is 34.5 Å². The predicted molar refractivity (Wildman–Crippen MR) is 90.9 cm³/mol. The van der Waals surface area contributed by atoms with E-state index in [9.17, 15) is 4.79 Å². The third-order valence-corrected chi connectivity index (χ3v) is 5.60. The molecule has 2 aliphatic heterocycles. The highest BCUT2D eigenvalue weighted by Crippen LogP contribution is 2.38. The number of aryl methyl sites for hydroxylation is 1. The third-order valence-electron chi connectivity index (χ3n) is 5.36. The maximum atomic E-state index is 13.0. The molecule has 1 aromatic heterocycles. The van der Waals surface area contributed by atoms with Gasteiger partial charge in [-0.15, -0.1) is 0 Å². The molecule has 2 saturated heterocycles. The summed E-state index contributed by atoms with van der Waals surface area (Å²) in [6.07, 6.45) is 3.30. The summed E-state index contributed by atoms with van der Waals surface area (Å²) < 4.78 is 7.55. The van der Waals surface area contributed by atoms with Crippen molar-refractivity contribution in [3.8, 4) is 0 Å². The first-order valence-electron chi connectivity index (χ1n) is 8.20. The van der Waals surface area contributed by atoms with Crippen molar-refractivity contribution in [2.75, 3.05) is 26.3 Å². The van der Waals surface area contributed by atoms with E-state index in [1.54, 1.807) is 0 Å². The second-order valence-corrected chi connectivity index (χ2v) is 7.36. The summed E-state index contributed by atoms with van der Waals surface area (Å²) in [5.41, 5.74) is 1.91. The molecule has 0 aliphatic carbocycles. The molecule has 122 valence electrons. The van der Waals surface area contributed by atoms with Crippen molar-refractivity contribution < 1.29 is 9.53 Å². The molecule has 0 unspecified atom stereocenters. The number of halogens is 1. The SMILES string of the molecule is Cn1c(C(=O)N2CCC[C@]3(CCOC3)C2)cc2ccc(Cl)cc21. The van der Waals surface area contributed by atoms with E-state index in [2.05, 4.69) is 0 Å². The van der Waals surface area contributed by atoms with Crippen LogP contribution in [0.2, 0.25) is 5.02 Å². The molecule has 0 saturated carbocycles. The van der Waals surface area contributed by atoms with E-state index in [-0.39, 0.29) is 11.3 Å². The van der Waals surface area contributed by atoms with Crippen molar-refractivity contribution >= 4 is 28.4 Å². The second-order valence-electron chi connectivity index (χ2n) is 6.92. The fraction of sp³-hybridized carbons (Fsp3) is 0.500. The smallest absolute Gasteiger partial charge is 0.270 e. The van der Waals surface area contributed by atoms with E-state index in [4.69, 9.17) is 16.3 Å². The quantitative estimate of drug-likeness (QED) is 0.801. The second kappa shape index (κ2) is 5.53. The number of hydrogen-bond donors (Lipinski definition) is 0. The van der Waals surface area contributed by atoms with E-state index in [0.717, 1.165) is 55.7 Å². The predicted octanol–water partition coefficient (Wildman–Crippen LogP) is 3.47. The van der Waals surface area contributed by atoms with Crippen LogP contribution in [0.25, 0.3) is 10.9 Å². The van der Waals surface area contributed by atoms with Gasteiger partial charge in [-0.3, -0.25) is 4.79 Å². The van der Waals surface area contributed by atoms with Crippen molar-refractivity contribution in [3.05, 3.63) is 35.0 Å². The van der Waals surface area contributed by atoms with Gasteiger partial charge >= 0.3 is 0 Å². The Kier molecular flexibility index (Phi) is 3.62. The number of piperidine rings is 1. The van der Waals surface area contributed by atoms with Gasteiger partial charge in [-0.2, -0.15) is 0 Å². The first-order chi connectivity index (χ1) is 11.1. The van der Waals surface area contributed by atoms with Gasteiger partial charge in [-0.1, -0.05) is 17.7 Å². The van der Waals surface area contributed by atoms with Gasteiger partial charge < -0.3 is 14.2 Å². The highest BCUT2D eigenvalue weighted by molar-refractivity contribution is 6.31. The number of carbonyl (C=O) groups is 1. The van der Waals surface area contributed by atoms with E-state index in [1.807, 2.05) is 40.8 Å². The van der Waals surface area contributed by atoms with Crippen LogP contribution in [0, 0.1) is 5.41 Å².